The lowest BCUT2D eigenvalue weighted by atomic mass is 9.78. The van der Waals surface area contributed by atoms with E-state index in [0.29, 0.717) is 0 Å². The van der Waals surface area contributed by atoms with Crippen LogP contribution in [0.15, 0.2) is 0 Å². The minimum absolute atomic E-state index is 0.942. The van der Waals surface area contributed by atoms with Gasteiger partial charge in [-0.05, 0) is 42.4 Å². The van der Waals surface area contributed by atoms with Gasteiger partial charge in [-0.3, -0.25) is 0 Å². The number of rotatable bonds is 1. The normalized spacial score (nSPS) is 49.1. The van der Waals surface area contributed by atoms with Gasteiger partial charge in [0.05, 0.1) is 0 Å². The van der Waals surface area contributed by atoms with Crippen molar-refractivity contribution in [3.63, 3.8) is 0 Å². The highest BCUT2D eigenvalue weighted by Gasteiger charge is 2.49. The highest BCUT2D eigenvalue weighted by atomic mass is 14.5. The fraction of sp³-hybridized carbons (Fsp3) is 1.00. The van der Waals surface area contributed by atoms with Crippen LogP contribution >= 0.6 is 0 Å². The Kier molecular flexibility index (Phi) is 1.74. The molecule has 0 spiro atoms. The second-order valence-electron chi connectivity index (χ2n) is 5.03. The second-order valence-corrected chi connectivity index (χ2v) is 5.03. The molecule has 4 atom stereocenters. The van der Waals surface area contributed by atoms with Gasteiger partial charge in [0.2, 0.25) is 0 Å². The van der Waals surface area contributed by atoms with Gasteiger partial charge in [-0.2, -0.15) is 0 Å². The SMILES string of the molecule is CC(C)C1CCC(C)C2CC12. The summed E-state index contributed by atoms with van der Waals surface area (Å²) < 4.78 is 0. The van der Waals surface area contributed by atoms with Gasteiger partial charge in [-0.25, -0.2) is 0 Å². The standard InChI is InChI=1S/C11H20/c1-7(2)9-5-4-8(3)10-6-11(9)10/h7-11H,4-6H2,1-3H3. The minimum atomic E-state index is 0.942. The fourth-order valence-corrected chi connectivity index (χ4v) is 3.09. The zero-order valence-corrected chi connectivity index (χ0v) is 8.01. The van der Waals surface area contributed by atoms with Crippen LogP contribution in [0.4, 0.5) is 0 Å². The first-order chi connectivity index (χ1) is 5.20. The maximum absolute atomic E-state index is 2.45. The van der Waals surface area contributed by atoms with E-state index >= 15 is 0 Å². The number of fused-ring (bicyclic) bond motifs is 1. The van der Waals surface area contributed by atoms with E-state index in [1.807, 2.05) is 0 Å². The molecule has 0 amide bonds. The lowest BCUT2D eigenvalue weighted by Crippen LogP contribution is -2.20. The summed E-state index contributed by atoms with van der Waals surface area (Å²) in [5.41, 5.74) is 0. The summed E-state index contributed by atoms with van der Waals surface area (Å²) in [6.45, 7) is 7.24. The van der Waals surface area contributed by atoms with E-state index in [4.69, 9.17) is 0 Å². The molecule has 0 saturated heterocycles. The van der Waals surface area contributed by atoms with E-state index in [0.717, 1.165) is 29.6 Å². The first-order valence-electron chi connectivity index (χ1n) is 5.20. The molecule has 0 aromatic carbocycles. The summed E-state index contributed by atoms with van der Waals surface area (Å²) in [4.78, 5) is 0. The van der Waals surface area contributed by atoms with Crippen molar-refractivity contribution in [2.75, 3.05) is 0 Å². The van der Waals surface area contributed by atoms with Crippen LogP contribution in [0.1, 0.15) is 40.0 Å². The van der Waals surface area contributed by atoms with Crippen LogP contribution in [-0.2, 0) is 0 Å². The molecule has 2 rings (SSSR count). The number of hydrogen-bond donors (Lipinski definition) is 0. The molecule has 0 heteroatoms. The van der Waals surface area contributed by atoms with Crippen molar-refractivity contribution in [1.82, 2.24) is 0 Å². The first-order valence-corrected chi connectivity index (χ1v) is 5.20. The third kappa shape index (κ3) is 1.21. The van der Waals surface area contributed by atoms with E-state index in [-0.39, 0.29) is 0 Å². The van der Waals surface area contributed by atoms with Crippen molar-refractivity contribution in [1.29, 1.82) is 0 Å². The largest absolute Gasteiger partial charge is 0.0625 e. The van der Waals surface area contributed by atoms with E-state index in [1.54, 1.807) is 6.42 Å². The van der Waals surface area contributed by atoms with Crippen molar-refractivity contribution in [2.24, 2.45) is 29.6 Å². The summed E-state index contributed by atoms with van der Waals surface area (Å²) in [6, 6.07) is 0. The quantitative estimate of drug-likeness (QED) is 0.540. The van der Waals surface area contributed by atoms with Gasteiger partial charge in [-0.15, -0.1) is 0 Å². The highest BCUT2D eigenvalue weighted by Crippen LogP contribution is 2.57. The molecule has 2 aliphatic rings. The van der Waals surface area contributed by atoms with Crippen molar-refractivity contribution in [2.45, 2.75) is 40.0 Å². The van der Waals surface area contributed by atoms with Crippen LogP contribution < -0.4 is 0 Å². The molecule has 0 bridgehead atoms. The predicted molar refractivity (Wildman–Crippen MR) is 48.3 cm³/mol. The second kappa shape index (κ2) is 2.50. The maximum Gasteiger partial charge on any atom is -0.0349 e. The molecule has 0 aliphatic heterocycles. The summed E-state index contributed by atoms with van der Waals surface area (Å²) in [5, 5.41) is 0. The Morgan fingerprint density at radius 3 is 2.45 bits per heavy atom. The lowest BCUT2D eigenvalue weighted by molar-refractivity contribution is 0.218. The lowest BCUT2D eigenvalue weighted by Gasteiger charge is -2.28. The predicted octanol–water partition coefficient (Wildman–Crippen LogP) is 3.32. The van der Waals surface area contributed by atoms with Gasteiger partial charge in [0, 0.05) is 0 Å². The molecule has 2 saturated carbocycles. The van der Waals surface area contributed by atoms with Gasteiger partial charge in [0.15, 0.2) is 0 Å². The summed E-state index contributed by atoms with van der Waals surface area (Å²) in [5.74, 6) is 5.35. The molecule has 11 heavy (non-hydrogen) atoms. The molecule has 0 aromatic rings. The molecule has 0 aromatic heterocycles. The molecular weight excluding hydrogens is 132 g/mol. The van der Waals surface area contributed by atoms with Crippen molar-refractivity contribution >= 4 is 0 Å². The molecule has 2 aliphatic carbocycles. The first kappa shape index (κ1) is 7.64. The zero-order chi connectivity index (χ0) is 8.01. The summed E-state index contributed by atoms with van der Waals surface area (Å²) in [6.07, 6.45) is 4.58. The van der Waals surface area contributed by atoms with Crippen molar-refractivity contribution in [3.05, 3.63) is 0 Å². The molecule has 0 radical (unpaired) electrons. The number of hydrogen-bond acceptors (Lipinski definition) is 0. The molecule has 0 N–H and O–H groups in total. The Balaban J connectivity index is 1.97. The molecular formula is C11H20. The smallest absolute Gasteiger partial charge is 0.0349 e. The van der Waals surface area contributed by atoms with Gasteiger partial charge in [0.1, 0.15) is 0 Å². The van der Waals surface area contributed by atoms with E-state index in [9.17, 15) is 0 Å². The Hall–Kier alpha value is 0. The Morgan fingerprint density at radius 1 is 1.09 bits per heavy atom. The monoisotopic (exact) mass is 152 g/mol. The van der Waals surface area contributed by atoms with Crippen LogP contribution in [-0.4, -0.2) is 0 Å². The average molecular weight is 152 g/mol. The fourth-order valence-electron chi connectivity index (χ4n) is 3.09. The molecule has 2 fully saturated rings. The van der Waals surface area contributed by atoms with Crippen molar-refractivity contribution < 1.29 is 0 Å². The average Bonchev–Trinajstić information content (AvgIpc) is 2.66. The topological polar surface area (TPSA) is 0 Å². The van der Waals surface area contributed by atoms with Crippen LogP contribution in [0.3, 0.4) is 0 Å². The Labute approximate surface area is 70.4 Å². The third-order valence-electron chi connectivity index (χ3n) is 3.98. The highest BCUT2D eigenvalue weighted by molar-refractivity contribution is 4.98. The van der Waals surface area contributed by atoms with Gasteiger partial charge in [-0.1, -0.05) is 27.2 Å². The Bertz CT molecular complexity index is 148. The summed E-state index contributed by atoms with van der Waals surface area (Å²) >= 11 is 0. The summed E-state index contributed by atoms with van der Waals surface area (Å²) in [7, 11) is 0. The van der Waals surface area contributed by atoms with Gasteiger partial charge >= 0.3 is 0 Å². The van der Waals surface area contributed by atoms with Gasteiger partial charge in [0.25, 0.3) is 0 Å². The van der Waals surface area contributed by atoms with E-state index in [2.05, 4.69) is 20.8 Å². The van der Waals surface area contributed by atoms with Crippen molar-refractivity contribution in [3.8, 4) is 0 Å². The minimum Gasteiger partial charge on any atom is -0.0625 e. The van der Waals surface area contributed by atoms with Gasteiger partial charge < -0.3 is 0 Å². The molecule has 0 heterocycles. The molecule has 0 nitrogen and oxygen atoms in total. The third-order valence-corrected chi connectivity index (χ3v) is 3.98. The Morgan fingerprint density at radius 2 is 1.82 bits per heavy atom. The van der Waals surface area contributed by atoms with E-state index < -0.39 is 0 Å². The van der Waals surface area contributed by atoms with E-state index in [1.165, 1.54) is 12.8 Å². The maximum atomic E-state index is 2.45. The van der Waals surface area contributed by atoms with Crippen LogP contribution in [0.2, 0.25) is 0 Å². The molecule has 64 valence electrons. The van der Waals surface area contributed by atoms with Crippen LogP contribution in [0, 0.1) is 29.6 Å². The van der Waals surface area contributed by atoms with Crippen LogP contribution in [0.5, 0.6) is 0 Å². The zero-order valence-electron chi connectivity index (χ0n) is 8.01. The van der Waals surface area contributed by atoms with Crippen LogP contribution in [0.25, 0.3) is 0 Å². The molecule has 4 unspecified atom stereocenters.